The predicted molar refractivity (Wildman–Crippen MR) is 63.0 cm³/mol. The molecule has 0 radical (unpaired) electrons. The Morgan fingerprint density at radius 3 is 2.72 bits per heavy atom. The van der Waals surface area contributed by atoms with E-state index in [-0.39, 0.29) is 6.61 Å². The fraction of sp³-hybridized carbons (Fsp3) is 0.250. The zero-order valence-electron chi connectivity index (χ0n) is 9.85. The highest BCUT2D eigenvalue weighted by Crippen LogP contribution is 2.16. The number of benzene rings is 1. The standard InChI is InChI=1S/C12H13N3O3/c1-2-18-12(17)11(16)9-3-5-10(6-4-9)15-8-7-13-14-15/h3-8,11,16H,2H2,1H3. The van der Waals surface area contributed by atoms with Gasteiger partial charge in [-0.15, -0.1) is 5.10 Å². The van der Waals surface area contributed by atoms with Crippen molar-refractivity contribution in [1.82, 2.24) is 15.0 Å². The number of carbonyl (C=O) groups excluding carboxylic acids is 1. The van der Waals surface area contributed by atoms with Gasteiger partial charge in [-0.25, -0.2) is 9.48 Å². The fourth-order valence-electron chi connectivity index (χ4n) is 1.51. The van der Waals surface area contributed by atoms with Crippen LogP contribution >= 0.6 is 0 Å². The Balaban J connectivity index is 2.15. The third kappa shape index (κ3) is 2.54. The third-order valence-electron chi connectivity index (χ3n) is 2.41. The highest BCUT2D eigenvalue weighted by Gasteiger charge is 2.18. The summed E-state index contributed by atoms with van der Waals surface area (Å²) in [6.07, 6.45) is 2.02. The van der Waals surface area contributed by atoms with Gasteiger partial charge in [-0.1, -0.05) is 17.3 Å². The Labute approximate surface area is 104 Å². The second-order valence-corrected chi connectivity index (χ2v) is 3.59. The molecule has 0 spiro atoms. The molecule has 0 bridgehead atoms. The summed E-state index contributed by atoms with van der Waals surface area (Å²) in [4.78, 5) is 11.4. The maximum Gasteiger partial charge on any atom is 0.339 e. The summed E-state index contributed by atoms with van der Waals surface area (Å²) in [6.45, 7) is 1.94. The van der Waals surface area contributed by atoms with Crippen molar-refractivity contribution in [2.75, 3.05) is 6.61 Å². The molecule has 1 heterocycles. The number of hydrogen-bond acceptors (Lipinski definition) is 5. The molecular formula is C12H13N3O3. The molecule has 6 heteroatoms. The van der Waals surface area contributed by atoms with E-state index in [9.17, 15) is 9.90 Å². The predicted octanol–water partition coefficient (Wildman–Crippen LogP) is 0.864. The molecule has 2 aromatic rings. The average molecular weight is 247 g/mol. The first kappa shape index (κ1) is 12.3. The molecule has 18 heavy (non-hydrogen) atoms. The number of nitrogens with zero attached hydrogens (tertiary/aromatic N) is 3. The topological polar surface area (TPSA) is 77.2 Å². The number of carbonyl (C=O) groups is 1. The summed E-state index contributed by atoms with van der Waals surface area (Å²) in [6, 6.07) is 6.79. The van der Waals surface area contributed by atoms with Crippen molar-refractivity contribution in [3.8, 4) is 5.69 Å². The largest absolute Gasteiger partial charge is 0.464 e. The molecule has 1 aromatic carbocycles. The summed E-state index contributed by atoms with van der Waals surface area (Å²) in [5, 5.41) is 17.3. The molecule has 0 saturated carbocycles. The van der Waals surface area contributed by atoms with Crippen molar-refractivity contribution in [1.29, 1.82) is 0 Å². The zero-order valence-corrected chi connectivity index (χ0v) is 9.85. The van der Waals surface area contributed by atoms with Crippen molar-refractivity contribution in [3.05, 3.63) is 42.2 Å². The van der Waals surface area contributed by atoms with E-state index in [4.69, 9.17) is 4.74 Å². The Hall–Kier alpha value is -2.21. The van der Waals surface area contributed by atoms with Crippen LogP contribution in [0.4, 0.5) is 0 Å². The van der Waals surface area contributed by atoms with Crippen molar-refractivity contribution >= 4 is 5.97 Å². The highest BCUT2D eigenvalue weighted by atomic mass is 16.5. The molecular weight excluding hydrogens is 234 g/mol. The van der Waals surface area contributed by atoms with Crippen LogP contribution in [0.25, 0.3) is 5.69 Å². The number of aliphatic hydroxyl groups is 1. The van der Waals surface area contributed by atoms with Gasteiger partial charge in [0.2, 0.25) is 0 Å². The smallest absolute Gasteiger partial charge is 0.339 e. The number of aromatic nitrogens is 3. The molecule has 94 valence electrons. The lowest BCUT2D eigenvalue weighted by Gasteiger charge is -2.10. The molecule has 2 rings (SSSR count). The lowest BCUT2D eigenvalue weighted by Crippen LogP contribution is -2.15. The SMILES string of the molecule is CCOC(=O)C(O)c1ccc(-n2ccnn2)cc1. The number of aliphatic hydroxyl groups excluding tert-OH is 1. The molecule has 0 fully saturated rings. The lowest BCUT2D eigenvalue weighted by molar-refractivity contribution is -0.153. The molecule has 0 aliphatic rings. The van der Waals surface area contributed by atoms with Crippen LogP contribution in [0.2, 0.25) is 0 Å². The van der Waals surface area contributed by atoms with Gasteiger partial charge in [0.25, 0.3) is 0 Å². The first-order chi connectivity index (χ1) is 8.72. The van der Waals surface area contributed by atoms with Gasteiger partial charge in [0, 0.05) is 0 Å². The zero-order chi connectivity index (χ0) is 13.0. The minimum absolute atomic E-state index is 0.243. The number of ether oxygens (including phenoxy) is 1. The van der Waals surface area contributed by atoms with Gasteiger partial charge in [-0.05, 0) is 24.6 Å². The summed E-state index contributed by atoms with van der Waals surface area (Å²) in [7, 11) is 0. The maximum atomic E-state index is 11.4. The number of hydrogen-bond donors (Lipinski definition) is 1. The first-order valence-corrected chi connectivity index (χ1v) is 5.53. The summed E-state index contributed by atoms with van der Waals surface area (Å²) < 4.78 is 6.33. The van der Waals surface area contributed by atoms with E-state index in [2.05, 4.69) is 10.3 Å². The Kier molecular flexibility index (Phi) is 3.69. The monoisotopic (exact) mass is 247 g/mol. The van der Waals surface area contributed by atoms with Crippen LogP contribution in [-0.2, 0) is 9.53 Å². The summed E-state index contributed by atoms with van der Waals surface area (Å²) in [5.41, 5.74) is 1.28. The average Bonchev–Trinajstić information content (AvgIpc) is 2.92. The summed E-state index contributed by atoms with van der Waals surface area (Å²) >= 11 is 0. The molecule has 0 amide bonds. The third-order valence-corrected chi connectivity index (χ3v) is 2.41. The second-order valence-electron chi connectivity index (χ2n) is 3.59. The quantitative estimate of drug-likeness (QED) is 0.811. The van der Waals surface area contributed by atoms with Crippen LogP contribution in [0.5, 0.6) is 0 Å². The number of esters is 1. The van der Waals surface area contributed by atoms with Gasteiger partial charge in [0.15, 0.2) is 6.10 Å². The van der Waals surface area contributed by atoms with Crippen molar-refractivity contribution < 1.29 is 14.6 Å². The molecule has 6 nitrogen and oxygen atoms in total. The fourth-order valence-corrected chi connectivity index (χ4v) is 1.51. The Morgan fingerprint density at radius 2 is 2.17 bits per heavy atom. The molecule has 1 unspecified atom stereocenters. The molecule has 1 atom stereocenters. The molecule has 0 aliphatic heterocycles. The van der Waals surface area contributed by atoms with E-state index in [0.29, 0.717) is 5.56 Å². The van der Waals surface area contributed by atoms with Crippen molar-refractivity contribution in [3.63, 3.8) is 0 Å². The van der Waals surface area contributed by atoms with Crippen LogP contribution in [0.1, 0.15) is 18.6 Å². The minimum Gasteiger partial charge on any atom is -0.464 e. The van der Waals surface area contributed by atoms with Gasteiger partial charge < -0.3 is 9.84 Å². The highest BCUT2D eigenvalue weighted by molar-refractivity contribution is 5.76. The van der Waals surface area contributed by atoms with Gasteiger partial charge in [-0.2, -0.15) is 0 Å². The van der Waals surface area contributed by atoms with E-state index in [1.807, 2.05) is 0 Å². The van der Waals surface area contributed by atoms with Gasteiger partial charge in [0.1, 0.15) is 0 Å². The second kappa shape index (κ2) is 5.42. The first-order valence-electron chi connectivity index (χ1n) is 5.53. The molecule has 1 aromatic heterocycles. The molecule has 1 N–H and O–H groups in total. The lowest BCUT2D eigenvalue weighted by atomic mass is 10.1. The van der Waals surface area contributed by atoms with Crippen molar-refractivity contribution in [2.24, 2.45) is 0 Å². The van der Waals surface area contributed by atoms with Crippen LogP contribution < -0.4 is 0 Å². The van der Waals surface area contributed by atoms with E-state index in [1.54, 1.807) is 48.3 Å². The van der Waals surface area contributed by atoms with E-state index in [1.165, 1.54) is 0 Å². The van der Waals surface area contributed by atoms with Crippen LogP contribution in [0, 0.1) is 0 Å². The Morgan fingerprint density at radius 1 is 1.44 bits per heavy atom. The van der Waals surface area contributed by atoms with E-state index in [0.717, 1.165) is 5.69 Å². The Bertz CT molecular complexity index is 508. The maximum absolute atomic E-state index is 11.4. The van der Waals surface area contributed by atoms with Crippen LogP contribution in [0.3, 0.4) is 0 Å². The van der Waals surface area contributed by atoms with Gasteiger partial charge >= 0.3 is 5.97 Å². The van der Waals surface area contributed by atoms with E-state index >= 15 is 0 Å². The van der Waals surface area contributed by atoms with Gasteiger partial charge in [-0.3, -0.25) is 0 Å². The van der Waals surface area contributed by atoms with Crippen molar-refractivity contribution in [2.45, 2.75) is 13.0 Å². The number of rotatable bonds is 4. The van der Waals surface area contributed by atoms with Crippen LogP contribution in [0.15, 0.2) is 36.7 Å². The molecule has 0 aliphatic carbocycles. The van der Waals surface area contributed by atoms with Crippen LogP contribution in [-0.4, -0.2) is 32.7 Å². The van der Waals surface area contributed by atoms with E-state index < -0.39 is 12.1 Å². The molecule has 0 saturated heterocycles. The van der Waals surface area contributed by atoms with Gasteiger partial charge in [0.05, 0.1) is 24.7 Å². The normalized spacial score (nSPS) is 12.1. The minimum atomic E-state index is -1.25. The summed E-state index contributed by atoms with van der Waals surface area (Å²) in [5.74, 6) is -0.647.